The molecule has 0 bridgehead atoms. The quantitative estimate of drug-likeness (QED) is 0.505. The van der Waals surface area contributed by atoms with E-state index < -0.39 is 0 Å². The first kappa shape index (κ1) is 8.49. The van der Waals surface area contributed by atoms with E-state index in [9.17, 15) is 0 Å². The minimum atomic E-state index is 0.473. The van der Waals surface area contributed by atoms with Gasteiger partial charge in [0.15, 0.2) is 5.82 Å². The number of nitrogens with zero attached hydrogens (tertiary/aromatic N) is 3. The summed E-state index contributed by atoms with van der Waals surface area (Å²) in [6.07, 6.45) is 3.23. The molecule has 1 aliphatic rings. The molecule has 0 unspecified atom stereocenters. The average Bonchev–Trinajstić information content (AvgIpc) is 2.04. The summed E-state index contributed by atoms with van der Waals surface area (Å²) in [6.45, 7) is 3.35. The standard InChI is InChI=1S/C6H5BrClN3/c1-9-11-5(8)2-3-10-6(11)4-7/h2-4H,1H2/b6-4+. The summed E-state index contributed by atoms with van der Waals surface area (Å²) in [5, 5.41) is 5.54. The van der Waals surface area contributed by atoms with Crippen LogP contribution in [0.2, 0.25) is 0 Å². The number of allylic oxidation sites excluding steroid dienone is 1. The summed E-state index contributed by atoms with van der Waals surface area (Å²) in [6, 6.07) is 0. The minimum Gasteiger partial charge on any atom is -0.236 e. The van der Waals surface area contributed by atoms with Crippen molar-refractivity contribution in [3.8, 4) is 0 Å². The molecular formula is C6H5BrClN3. The van der Waals surface area contributed by atoms with Crippen LogP contribution >= 0.6 is 27.5 Å². The van der Waals surface area contributed by atoms with Crippen molar-refractivity contribution in [2.45, 2.75) is 0 Å². The second kappa shape index (κ2) is 3.69. The lowest BCUT2D eigenvalue weighted by atomic mass is 10.5. The van der Waals surface area contributed by atoms with Crippen LogP contribution in [-0.4, -0.2) is 17.9 Å². The molecule has 0 aromatic carbocycles. The largest absolute Gasteiger partial charge is 0.236 e. The molecule has 0 radical (unpaired) electrons. The molecule has 0 N–H and O–H groups in total. The Bertz CT molecular complexity index is 257. The van der Waals surface area contributed by atoms with Crippen LogP contribution in [-0.2, 0) is 0 Å². The Hall–Kier alpha value is -0.610. The highest BCUT2D eigenvalue weighted by molar-refractivity contribution is 9.11. The third-order valence-corrected chi connectivity index (χ3v) is 1.77. The monoisotopic (exact) mass is 233 g/mol. The first-order valence-electron chi connectivity index (χ1n) is 2.76. The van der Waals surface area contributed by atoms with E-state index in [1.54, 1.807) is 17.3 Å². The zero-order valence-corrected chi connectivity index (χ0v) is 7.88. The van der Waals surface area contributed by atoms with E-state index in [1.807, 2.05) is 0 Å². The molecule has 0 saturated carbocycles. The lowest BCUT2D eigenvalue weighted by molar-refractivity contribution is 0.481. The fourth-order valence-electron chi connectivity index (χ4n) is 0.624. The van der Waals surface area contributed by atoms with Crippen LogP contribution in [0.15, 0.2) is 32.1 Å². The molecule has 5 heteroatoms. The Labute approximate surface area is 77.9 Å². The molecule has 0 fully saturated rings. The third kappa shape index (κ3) is 1.70. The van der Waals surface area contributed by atoms with Crippen molar-refractivity contribution in [3.63, 3.8) is 0 Å². The normalized spacial score (nSPS) is 20.4. The molecule has 0 atom stereocenters. The smallest absolute Gasteiger partial charge is 0.161 e. The molecule has 1 aliphatic heterocycles. The van der Waals surface area contributed by atoms with Crippen molar-refractivity contribution in [3.05, 3.63) is 22.0 Å². The molecule has 1 rings (SSSR count). The van der Waals surface area contributed by atoms with Crippen LogP contribution in [0.4, 0.5) is 0 Å². The molecule has 0 aromatic heterocycles. The molecule has 0 aromatic rings. The molecule has 0 aliphatic carbocycles. The zero-order valence-electron chi connectivity index (χ0n) is 5.54. The van der Waals surface area contributed by atoms with Gasteiger partial charge in [-0.15, -0.1) is 0 Å². The van der Waals surface area contributed by atoms with Crippen molar-refractivity contribution >= 4 is 40.5 Å². The van der Waals surface area contributed by atoms with Gasteiger partial charge in [0, 0.05) is 17.9 Å². The highest BCUT2D eigenvalue weighted by atomic mass is 79.9. The third-order valence-electron chi connectivity index (χ3n) is 1.08. The summed E-state index contributed by atoms with van der Waals surface area (Å²) < 4.78 is 0. The number of halogens is 2. The summed E-state index contributed by atoms with van der Waals surface area (Å²) in [5.41, 5.74) is 0. The lowest BCUT2D eigenvalue weighted by Gasteiger charge is -2.18. The Morgan fingerprint density at radius 1 is 1.82 bits per heavy atom. The summed E-state index contributed by atoms with van der Waals surface area (Å²) in [7, 11) is 0. The van der Waals surface area contributed by atoms with Gasteiger partial charge >= 0.3 is 0 Å². The van der Waals surface area contributed by atoms with E-state index in [4.69, 9.17) is 11.6 Å². The lowest BCUT2D eigenvalue weighted by Crippen LogP contribution is -2.13. The van der Waals surface area contributed by atoms with E-state index in [1.165, 1.54) is 5.01 Å². The van der Waals surface area contributed by atoms with Crippen molar-refractivity contribution in [2.24, 2.45) is 10.1 Å². The van der Waals surface area contributed by atoms with Gasteiger partial charge in [0.2, 0.25) is 0 Å². The molecular weight excluding hydrogens is 229 g/mol. The summed E-state index contributed by atoms with van der Waals surface area (Å²) in [5.74, 6) is 0.604. The van der Waals surface area contributed by atoms with Gasteiger partial charge in [0.1, 0.15) is 5.16 Å². The van der Waals surface area contributed by atoms with Crippen molar-refractivity contribution in [1.29, 1.82) is 0 Å². The maximum atomic E-state index is 5.76. The van der Waals surface area contributed by atoms with Crippen molar-refractivity contribution < 1.29 is 0 Å². The molecule has 0 amide bonds. The second-order valence-electron chi connectivity index (χ2n) is 1.69. The van der Waals surface area contributed by atoms with E-state index in [-0.39, 0.29) is 0 Å². The Morgan fingerprint density at radius 2 is 2.55 bits per heavy atom. The van der Waals surface area contributed by atoms with Gasteiger partial charge in [-0.2, -0.15) is 5.10 Å². The molecule has 58 valence electrons. The molecule has 3 nitrogen and oxygen atoms in total. The van der Waals surface area contributed by atoms with Gasteiger partial charge in [-0.25, -0.2) is 10.0 Å². The van der Waals surface area contributed by atoms with E-state index in [2.05, 4.69) is 32.7 Å². The highest BCUT2D eigenvalue weighted by Gasteiger charge is 2.11. The minimum absolute atomic E-state index is 0.473. The Kier molecular flexibility index (Phi) is 2.84. The second-order valence-corrected chi connectivity index (χ2v) is 2.53. The number of aliphatic imine (C=N–C) groups is 1. The first-order valence-corrected chi connectivity index (χ1v) is 4.06. The fourth-order valence-corrected chi connectivity index (χ4v) is 1.13. The van der Waals surface area contributed by atoms with Gasteiger partial charge in [-0.3, -0.25) is 0 Å². The Balaban J connectivity index is 2.97. The zero-order chi connectivity index (χ0) is 8.27. The fraction of sp³-hybridized carbons (Fsp3) is 0. The number of rotatable bonds is 1. The van der Waals surface area contributed by atoms with Gasteiger partial charge in [0.05, 0.1) is 0 Å². The molecule has 11 heavy (non-hydrogen) atoms. The van der Waals surface area contributed by atoms with Crippen LogP contribution in [0, 0.1) is 0 Å². The molecule has 1 heterocycles. The van der Waals surface area contributed by atoms with Gasteiger partial charge in [-0.05, 0) is 6.08 Å². The van der Waals surface area contributed by atoms with E-state index in [0.29, 0.717) is 11.0 Å². The number of hydrogen-bond acceptors (Lipinski definition) is 3. The average molecular weight is 234 g/mol. The van der Waals surface area contributed by atoms with E-state index in [0.717, 1.165) is 0 Å². The van der Waals surface area contributed by atoms with Crippen molar-refractivity contribution in [1.82, 2.24) is 5.01 Å². The van der Waals surface area contributed by atoms with Crippen LogP contribution in [0.1, 0.15) is 0 Å². The number of hydrazone groups is 1. The molecule has 0 spiro atoms. The van der Waals surface area contributed by atoms with Crippen LogP contribution in [0.3, 0.4) is 0 Å². The highest BCUT2D eigenvalue weighted by Crippen LogP contribution is 2.21. The summed E-state index contributed by atoms with van der Waals surface area (Å²) in [4.78, 5) is 5.59. The van der Waals surface area contributed by atoms with E-state index >= 15 is 0 Å². The van der Waals surface area contributed by atoms with Crippen LogP contribution in [0.5, 0.6) is 0 Å². The Morgan fingerprint density at radius 3 is 3.00 bits per heavy atom. The molecule has 0 saturated heterocycles. The predicted molar refractivity (Wildman–Crippen MR) is 50.8 cm³/mol. The SMILES string of the molecule is C=NN1C(Cl)=CC=N/C1=C\Br. The van der Waals surface area contributed by atoms with Gasteiger partial charge in [0.25, 0.3) is 0 Å². The first-order chi connectivity index (χ1) is 5.29. The predicted octanol–water partition coefficient (Wildman–Crippen LogP) is 2.26. The number of hydrogen-bond donors (Lipinski definition) is 0. The maximum Gasteiger partial charge on any atom is 0.161 e. The summed E-state index contributed by atoms with van der Waals surface area (Å²) >= 11 is 8.89. The van der Waals surface area contributed by atoms with Crippen LogP contribution in [0.25, 0.3) is 0 Å². The topological polar surface area (TPSA) is 28.0 Å². The van der Waals surface area contributed by atoms with Crippen LogP contribution < -0.4 is 0 Å². The van der Waals surface area contributed by atoms with Gasteiger partial charge < -0.3 is 0 Å². The maximum absolute atomic E-state index is 5.76. The van der Waals surface area contributed by atoms with Gasteiger partial charge in [-0.1, -0.05) is 27.5 Å². The van der Waals surface area contributed by atoms with Crippen molar-refractivity contribution in [2.75, 3.05) is 0 Å².